The highest BCUT2D eigenvalue weighted by Gasteiger charge is 2.30. The van der Waals surface area contributed by atoms with Crippen molar-refractivity contribution in [2.45, 2.75) is 19.3 Å². The second-order valence-corrected chi connectivity index (χ2v) is 9.44. The average molecular weight is 404 g/mol. The van der Waals surface area contributed by atoms with Gasteiger partial charge >= 0.3 is 5.97 Å². The van der Waals surface area contributed by atoms with Crippen LogP contribution in [0.1, 0.15) is 28.8 Å². The minimum Gasteiger partial charge on any atom is -0.478 e. The molecule has 0 bridgehead atoms. The maximum Gasteiger partial charge on any atom is 0.335 e. The third-order valence-corrected chi connectivity index (χ3v) is 6.95. The summed E-state index contributed by atoms with van der Waals surface area (Å²) in [4.78, 5) is 15.4. The quantitative estimate of drug-likeness (QED) is 0.800. The van der Waals surface area contributed by atoms with E-state index in [1.807, 2.05) is 18.3 Å². The Morgan fingerprint density at radius 2 is 1.93 bits per heavy atom. The highest BCUT2D eigenvalue weighted by atomic mass is 32.2. The summed E-state index contributed by atoms with van der Waals surface area (Å²) in [5.74, 6) is -0.682. The molecule has 1 aliphatic heterocycles. The van der Waals surface area contributed by atoms with Crippen LogP contribution in [0.15, 0.2) is 42.6 Å². The molecule has 1 N–H and O–H groups in total. The van der Waals surface area contributed by atoms with Gasteiger partial charge in [-0.1, -0.05) is 18.2 Å². The van der Waals surface area contributed by atoms with Gasteiger partial charge in [0.25, 0.3) is 10.2 Å². The normalized spacial score (nSPS) is 18.3. The second kappa shape index (κ2) is 8.38. The van der Waals surface area contributed by atoms with E-state index in [9.17, 15) is 13.2 Å². The molecule has 2 heterocycles. The van der Waals surface area contributed by atoms with Gasteiger partial charge in [0.1, 0.15) is 0 Å². The van der Waals surface area contributed by atoms with E-state index >= 15 is 0 Å². The highest BCUT2D eigenvalue weighted by Crippen LogP contribution is 2.24. The van der Waals surface area contributed by atoms with Crippen LogP contribution in [0.5, 0.6) is 0 Å². The van der Waals surface area contributed by atoms with Crippen LogP contribution in [-0.4, -0.2) is 60.3 Å². The Kier molecular flexibility index (Phi) is 6.12. The first-order valence-corrected chi connectivity index (χ1v) is 10.6. The number of aromatic nitrogens is 1. The molecule has 0 saturated carbocycles. The third-order valence-electron chi connectivity index (χ3n) is 5.05. The largest absolute Gasteiger partial charge is 0.478 e. The summed E-state index contributed by atoms with van der Waals surface area (Å²) in [5.41, 5.74) is 2.95. The van der Waals surface area contributed by atoms with Crippen LogP contribution in [0.25, 0.3) is 11.3 Å². The monoisotopic (exact) mass is 403 g/mol. The van der Waals surface area contributed by atoms with Gasteiger partial charge in [0, 0.05) is 38.9 Å². The fourth-order valence-corrected chi connectivity index (χ4v) is 4.69. The molecule has 1 aromatic carbocycles. The predicted octanol–water partition coefficient (Wildman–Crippen LogP) is 2.51. The van der Waals surface area contributed by atoms with Crippen LogP contribution in [-0.2, 0) is 16.6 Å². The van der Waals surface area contributed by atoms with Crippen molar-refractivity contribution < 1.29 is 18.3 Å². The molecule has 0 aliphatic carbocycles. The number of aromatic carboxylic acids is 1. The second-order valence-electron chi connectivity index (χ2n) is 7.29. The third kappa shape index (κ3) is 4.57. The molecule has 0 amide bonds. The SMILES string of the molecule is CN(C)S(=O)(=O)N1CCC[C@@H](Cc2ccc(-c3ccc(C(=O)O)cc3)nc2)C1. The minimum atomic E-state index is -3.37. The molecule has 7 nitrogen and oxygen atoms in total. The molecular formula is C20H25N3O4S. The van der Waals surface area contributed by atoms with E-state index in [1.165, 1.54) is 4.31 Å². The van der Waals surface area contributed by atoms with E-state index in [0.29, 0.717) is 13.1 Å². The van der Waals surface area contributed by atoms with E-state index < -0.39 is 16.2 Å². The molecule has 1 fully saturated rings. The molecule has 0 radical (unpaired) electrons. The lowest BCUT2D eigenvalue weighted by atomic mass is 9.93. The summed E-state index contributed by atoms with van der Waals surface area (Å²) < 4.78 is 27.5. The van der Waals surface area contributed by atoms with Crippen molar-refractivity contribution in [3.63, 3.8) is 0 Å². The van der Waals surface area contributed by atoms with E-state index in [2.05, 4.69) is 4.98 Å². The van der Waals surface area contributed by atoms with Crippen molar-refractivity contribution in [2.24, 2.45) is 5.92 Å². The van der Waals surface area contributed by atoms with Crippen molar-refractivity contribution in [3.8, 4) is 11.3 Å². The van der Waals surface area contributed by atoms with Crippen LogP contribution in [0.4, 0.5) is 0 Å². The summed E-state index contributed by atoms with van der Waals surface area (Å²) in [6, 6.07) is 10.5. The van der Waals surface area contributed by atoms with Gasteiger partial charge in [0.2, 0.25) is 0 Å². The maximum absolute atomic E-state index is 12.4. The van der Waals surface area contributed by atoms with Gasteiger partial charge in [-0.25, -0.2) is 4.79 Å². The Morgan fingerprint density at radius 3 is 2.50 bits per heavy atom. The van der Waals surface area contributed by atoms with Crippen LogP contribution < -0.4 is 0 Å². The van der Waals surface area contributed by atoms with Gasteiger partial charge in [0.15, 0.2) is 0 Å². The van der Waals surface area contributed by atoms with Gasteiger partial charge in [-0.15, -0.1) is 0 Å². The van der Waals surface area contributed by atoms with Crippen molar-refractivity contribution in [3.05, 3.63) is 53.7 Å². The lowest BCUT2D eigenvalue weighted by molar-refractivity contribution is 0.0697. The summed E-state index contributed by atoms with van der Waals surface area (Å²) in [6.45, 7) is 1.10. The number of piperidine rings is 1. The zero-order chi connectivity index (χ0) is 20.3. The number of carboxylic acids is 1. The average Bonchev–Trinajstić information content (AvgIpc) is 2.69. The van der Waals surface area contributed by atoms with Crippen LogP contribution in [0, 0.1) is 5.92 Å². The zero-order valence-electron chi connectivity index (χ0n) is 16.1. The molecule has 28 heavy (non-hydrogen) atoms. The van der Waals surface area contributed by atoms with Crippen molar-refractivity contribution in [2.75, 3.05) is 27.2 Å². The zero-order valence-corrected chi connectivity index (χ0v) is 16.9. The number of pyridine rings is 1. The first-order chi connectivity index (χ1) is 13.3. The molecular weight excluding hydrogens is 378 g/mol. The molecule has 1 aromatic heterocycles. The topological polar surface area (TPSA) is 90.8 Å². The fourth-order valence-electron chi connectivity index (χ4n) is 3.47. The standard InChI is InChI=1S/C20H25N3O4S/c1-22(2)28(26,27)23-11-3-4-16(14-23)12-15-5-10-19(21-13-15)17-6-8-18(9-7-17)20(24)25/h5-10,13,16H,3-4,11-12,14H2,1-2H3,(H,24,25)/t16-/m0/s1. The minimum absolute atomic E-state index is 0.245. The smallest absolute Gasteiger partial charge is 0.335 e. The predicted molar refractivity (Wildman–Crippen MR) is 107 cm³/mol. The van der Waals surface area contributed by atoms with Crippen molar-refractivity contribution in [1.29, 1.82) is 0 Å². The number of carbonyl (C=O) groups is 1. The number of nitrogens with zero attached hydrogens (tertiary/aromatic N) is 3. The van der Waals surface area contributed by atoms with E-state index in [4.69, 9.17) is 5.11 Å². The molecule has 1 saturated heterocycles. The molecule has 0 unspecified atom stereocenters. The van der Waals surface area contributed by atoms with Gasteiger partial charge in [-0.05, 0) is 48.9 Å². The van der Waals surface area contributed by atoms with Gasteiger partial charge < -0.3 is 5.11 Å². The van der Waals surface area contributed by atoms with Crippen LogP contribution in [0.2, 0.25) is 0 Å². The molecule has 150 valence electrons. The number of rotatable bonds is 6. The van der Waals surface area contributed by atoms with Gasteiger partial charge in [-0.2, -0.15) is 17.0 Å². The number of hydrogen-bond donors (Lipinski definition) is 1. The van der Waals surface area contributed by atoms with Crippen LogP contribution >= 0.6 is 0 Å². The molecule has 2 aromatic rings. The Labute approximate surface area is 165 Å². The number of hydrogen-bond acceptors (Lipinski definition) is 4. The summed E-state index contributed by atoms with van der Waals surface area (Å²) >= 11 is 0. The molecule has 0 spiro atoms. The van der Waals surface area contributed by atoms with Crippen molar-refractivity contribution in [1.82, 2.24) is 13.6 Å². The highest BCUT2D eigenvalue weighted by molar-refractivity contribution is 7.86. The Morgan fingerprint density at radius 1 is 1.21 bits per heavy atom. The van der Waals surface area contributed by atoms with E-state index in [-0.39, 0.29) is 11.5 Å². The lowest BCUT2D eigenvalue weighted by Gasteiger charge is -2.33. The van der Waals surface area contributed by atoms with Gasteiger partial charge in [0.05, 0.1) is 11.3 Å². The van der Waals surface area contributed by atoms with E-state index in [1.54, 1.807) is 42.7 Å². The van der Waals surface area contributed by atoms with Crippen molar-refractivity contribution >= 4 is 16.2 Å². The first-order valence-electron chi connectivity index (χ1n) is 9.23. The van der Waals surface area contributed by atoms with Crippen LogP contribution in [0.3, 0.4) is 0 Å². The Balaban J connectivity index is 1.66. The molecule has 3 rings (SSSR count). The Hall–Kier alpha value is -2.29. The summed E-state index contributed by atoms with van der Waals surface area (Å²) in [6.07, 6.45) is 4.46. The fraction of sp³-hybridized carbons (Fsp3) is 0.400. The van der Waals surface area contributed by atoms with Gasteiger partial charge in [-0.3, -0.25) is 4.98 Å². The first kappa shape index (κ1) is 20.4. The molecule has 8 heteroatoms. The molecule has 1 aliphatic rings. The summed E-state index contributed by atoms with van der Waals surface area (Å²) in [5, 5.41) is 8.98. The maximum atomic E-state index is 12.4. The number of benzene rings is 1. The molecule has 1 atom stereocenters. The Bertz CT molecular complexity index is 925. The lowest BCUT2D eigenvalue weighted by Crippen LogP contribution is -2.45. The van der Waals surface area contributed by atoms with E-state index in [0.717, 1.165) is 36.1 Å². The summed E-state index contributed by atoms with van der Waals surface area (Å²) in [7, 11) is -0.248. The number of carboxylic acid groups (broad SMARTS) is 1.